The number of aryl methyl sites for hydroxylation is 1. The van der Waals surface area contributed by atoms with Gasteiger partial charge in [0, 0.05) is 28.2 Å². The summed E-state index contributed by atoms with van der Waals surface area (Å²) in [4.78, 5) is 35.1. The second-order valence-electron chi connectivity index (χ2n) is 16.5. The molecule has 5 aromatic rings. The Kier molecular flexibility index (Phi) is 10.6. The summed E-state index contributed by atoms with van der Waals surface area (Å²) in [6.45, 7) is 20.7. The van der Waals surface area contributed by atoms with Crippen molar-refractivity contribution >= 4 is 33.1 Å². The number of aromatic nitrogens is 4. The first-order chi connectivity index (χ1) is 25.3. The highest BCUT2D eigenvalue weighted by molar-refractivity contribution is 7.92. The van der Waals surface area contributed by atoms with Gasteiger partial charge in [0.15, 0.2) is 0 Å². The number of hydrogen-bond donors (Lipinski definition) is 1. The highest BCUT2D eigenvalue weighted by Gasteiger charge is 2.33. The molecule has 0 spiro atoms. The summed E-state index contributed by atoms with van der Waals surface area (Å²) in [5.74, 6) is 0.424. The van der Waals surface area contributed by atoms with Gasteiger partial charge in [0.25, 0.3) is 15.9 Å². The number of nitrogens with zero attached hydrogens (tertiary/aromatic N) is 5. The molecule has 1 aliphatic heterocycles. The predicted molar refractivity (Wildman–Crippen MR) is 208 cm³/mol. The van der Waals surface area contributed by atoms with Crippen LogP contribution in [-0.4, -0.2) is 57.9 Å². The normalized spacial score (nSPS) is 16.4. The fourth-order valence-corrected chi connectivity index (χ4v) is 7.49. The van der Waals surface area contributed by atoms with Crippen LogP contribution in [0.1, 0.15) is 100 Å². The van der Waals surface area contributed by atoms with Crippen LogP contribution in [0.3, 0.4) is 0 Å². The summed E-state index contributed by atoms with van der Waals surface area (Å²) in [5, 5.41) is 0. The Labute approximate surface area is 317 Å². The van der Waals surface area contributed by atoms with Gasteiger partial charge >= 0.3 is 0 Å². The number of rotatable bonds is 7. The van der Waals surface area contributed by atoms with E-state index in [1.54, 1.807) is 23.2 Å². The Morgan fingerprint density at radius 1 is 1.00 bits per heavy atom. The van der Waals surface area contributed by atoms with Crippen LogP contribution in [0.5, 0.6) is 5.88 Å². The van der Waals surface area contributed by atoms with Crippen molar-refractivity contribution in [1.82, 2.24) is 24.8 Å². The van der Waals surface area contributed by atoms with Crippen molar-refractivity contribution < 1.29 is 27.1 Å². The Morgan fingerprint density at radius 3 is 2.44 bits per heavy atom. The monoisotopic (exact) mass is 754 g/mol. The first-order valence-electron chi connectivity index (χ1n) is 18.2. The second-order valence-corrected chi connectivity index (χ2v) is 18.2. The van der Waals surface area contributed by atoms with E-state index < -0.39 is 16.1 Å². The molecule has 1 atom stereocenters. The molecule has 2 aromatic carbocycles. The number of ether oxygens (including phenoxy) is 2. The lowest BCUT2D eigenvalue weighted by Crippen LogP contribution is -2.45. The van der Waals surface area contributed by atoms with Crippen LogP contribution in [0.15, 0.2) is 64.0 Å². The molecule has 1 amide bonds. The van der Waals surface area contributed by atoms with Crippen molar-refractivity contribution in [3.63, 3.8) is 0 Å². The van der Waals surface area contributed by atoms with E-state index in [1.165, 1.54) is 12.1 Å². The van der Waals surface area contributed by atoms with E-state index in [4.69, 9.17) is 23.9 Å². The third kappa shape index (κ3) is 8.57. The number of furan rings is 1. The molecule has 4 heterocycles. The van der Waals surface area contributed by atoms with E-state index in [9.17, 15) is 13.2 Å². The molecule has 0 fully saturated rings. The fourth-order valence-electron chi connectivity index (χ4n) is 6.50. The fraction of sp³-hybridized carbons (Fsp3) is 0.439. The molecular weight excluding hydrogens is 705 g/mol. The third-order valence-corrected chi connectivity index (χ3v) is 10.5. The summed E-state index contributed by atoms with van der Waals surface area (Å²) < 4.78 is 49.0. The molecule has 0 aliphatic carbocycles. The van der Waals surface area contributed by atoms with Crippen LogP contribution in [-0.2, 0) is 33.3 Å². The summed E-state index contributed by atoms with van der Waals surface area (Å²) in [7, 11) is -4.25. The number of carbonyl (C=O) groups is 1. The van der Waals surface area contributed by atoms with Crippen molar-refractivity contribution in [1.29, 1.82) is 0 Å². The molecule has 0 unspecified atom stereocenters. The van der Waals surface area contributed by atoms with Gasteiger partial charge in [0.2, 0.25) is 17.5 Å². The number of benzene rings is 2. The second kappa shape index (κ2) is 14.7. The highest BCUT2D eigenvalue weighted by Crippen LogP contribution is 2.36. The Bertz CT molecular complexity index is 2310. The first kappa shape index (κ1) is 38.8. The quantitative estimate of drug-likeness (QED) is 0.172. The molecule has 3 aromatic heterocycles. The average molecular weight is 755 g/mol. The van der Waals surface area contributed by atoms with Gasteiger partial charge in [0.05, 0.1) is 47.8 Å². The third-order valence-electron chi connectivity index (χ3n) is 9.21. The Hall–Kier alpha value is -4.88. The topological polar surface area (TPSA) is 150 Å². The van der Waals surface area contributed by atoms with Crippen molar-refractivity contribution in [3.05, 3.63) is 88.4 Å². The summed E-state index contributed by atoms with van der Waals surface area (Å²) in [6, 6.07) is 13.3. The van der Waals surface area contributed by atoms with E-state index in [2.05, 4.69) is 56.2 Å². The SMILES string of the molecule is Cc1cccc(COC(C)C)c1-c1nc2nc(c1C)OC[C@@H](CC(C)(C)C)N(Cc1cnc3oc(C(C)(C)C)cc3n1)C(=O)c1cccc(c1)S(=O)(=O)N2. The molecule has 0 radical (unpaired) electrons. The number of carbonyl (C=O) groups excluding carboxylic acids is 1. The van der Waals surface area contributed by atoms with E-state index in [0.717, 1.165) is 22.5 Å². The van der Waals surface area contributed by atoms with E-state index >= 15 is 0 Å². The molecule has 12 nitrogen and oxygen atoms in total. The molecule has 54 heavy (non-hydrogen) atoms. The van der Waals surface area contributed by atoms with Gasteiger partial charge in [-0.05, 0) is 68.9 Å². The van der Waals surface area contributed by atoms with Crippen LogP contribution in [0.25, 0.3) is 22.5 Å². The van der Waals surface area contributed by atoms with Crippen molar-refractivity contribution in [3.8, 4) is 17.1 Å². The largest absolute Gasteiger partial charge is 0.475 e. The molecule has 1 aliphatic rings. The maximum absolute atomic E-state index is 14.6. The molecule has 6 rings (SSSR count). The number of fused-ring (bicyclic) bond motifs is 5. The van der Waals surface area contributed by atoms with Crippen molar-refractivity contribution in [2.24, 2.45) is 5.41 Å². The van der Waals surface area contributed by atoms with E-state index in [-0.39, 0.29) is 58.3 Å². The molecule has 4 bridgehead atoms. The minimum atomic E-state index is -4.25. The maximum atomic E-state index is 14.6. The number of hydrogen-bond acceptors (Lipinski definition) is 10. The highest BCUT2D eigenvalue weighted by atomic mass is 32.2. The summed E-state index contributed by atoms with van der Waals surface area (Å²) in [6.07, 6.45) is 2.15. The van der Waals surface area contributed by atoms with Crippen molar-refractivity contribution in [2.45, 2.75) is 111 Å². The van der Waals surface area contributed by atoms with Gasteiger partial charge in [-0.3, -0.25) is 4.79 Å². The summed E-state index contributed by atoms with van der Waals surface area (Å²) >= 11 is 0. The zero-order valence-electron chi connectivity index (χ0n) is 32.8. The van der Waals surface area contributed by atoms with Gasteiger partial charge < -0.3 is 18.8 Å². The maximum Gasteiger partial charge on any atom is 0.264 e. The zero-order chi connectivity index (χ0) is 39.2. The number of amides is 1. The molecule has 0 saturated heterocycles. The van der Waals surface area contributed by atoms with Gasteiger partial charge in [-0.2, -0.15) is 4.98 Å². The minimum absolute atomic E-state index is 0.00434. The molecule has 0 saturated carbocycles. The Morgan fingerprint density at radius 2 is 1.74 bits per heavy atom. The van der Waals surface area contributed by atoms with Crippen LogP contribution in [0.4, 0.5) is 5.95 Å². The molecule has 1 N–H and O–H groups in total. The Balaban J connectivity index is 1.50. The molecule has 286 valence electrons. The predicted octanol–water partition coefficient (Wildman–Crippen LogP) is 8.16. The minimum Gasteiger partial charge on any atom is -0.475 e. The van der Waals surface area contributed by atoms with E-state index in [1.807, 2.05) is 52.0 Å². The molecule has 13 heteroatoms. The van der Waals surface area contributed by atoms with Gasteiger partial charge in [-0.15, -0.1) is 0 Å². The van der Waals surface area contributed by atoms with Crippen molar-refractivity contribution in [2.75, 3.05) is 11.3 Å². The summed E-state index contributed by atoms with van der Waals surface area (Å²) in [5.41, 5.74) is 5.02. The van der Waals surface area contributed by atoms with Gasteiger partial charge in [0.1, 0.15) is 17.9 Å². The van der Waals surface area contributed by atoms with E-state index in [0.29, 0.717) is 41.2 Å². The lowest BCUT2D eigenvalue weighted by molar-refractivity contribution is 0.0508. The number of nitrogens with one attached hydrogen (secondary N) is 1. The van der Waals surface area contributed by atoms with Gasteiger partial charge in [-0.25, -0.2) is 28.1 Å². The first-order valence-corrected chi connectivity index (χ1v) is 19.7. The lowest BCUT2D eigenvalue weighted by atomic mass is 9.87. The number of anilines is 1. The molecular formula is C41H50N6O6S. The standard InChI is InChI=1S/C41H50N6O6S/c1-24(2)51-22-28-15-11-13-25(3)34(28)35-26(4)36-45-39(44-35)46-54(49,50)31-16-12-14-27(17-31)38(48)47(30(23-52-36)19-40(5,6)7)21-29-20-42-37-32(43-29)18-33(53-37)41(8,9)10/h11-18,20,24,30H,19,21-23H2,1-10H3,(H,44,45,46)/t30-/m1/s1. The number of sulfonamides is 1. The van der Waals surface area contributed by atoms with Crippen LogP contribution < -0.4 is 9.46 Å². The van der Waals surface area contributed by atoms with Crippen LogP contribution in [0.2, 0.25) is 0 Å². The van der Waals surface area contributed by atoms with Gasteiger partial charge in [-0.1, -0.05) is 65.8 Å². The average Bonchev–Trinajstić information content (AvgIpc) is 3.53. The lowest BCUT2D eigenvalue weighted by Gasteiger charge is -2.35. The zero-order valence-corrected chi connectivity index (χ0v) is 33.6. The smallest absolute Gasteiger partial charge is 0.264 e. The van der Waals surface area contributed by atoms with Crippen LogP contribution >= 0.6 is 0 Å². The van der Waals surface area contributed by atoms with Crippen LogP contribution in [0, 0.1) is 19.3 Å².